The third-order valence-corrected chi connectivity index (χ3v) is 3.54. The summed E-state index contributed by atoms with van der Waals surface area (Å²) in [6, 6.07) is 7.55. The number of hydrogen-bond acceptors (Lipinski definition) is 5. The Kier molecular flexibility index (Phi) is 7.69. The summed E-state index contributed by atoms with van der Waals surface area (Å²) < 4.78 is 16.3. The maximum atomic E-state index is 11.8. The Morgan fingerprint density at radius 3 is 3.09 bits per heavy atom. The van der Waals surface area contributed by atoms with Gasteiger partial charge >= 0.3 is 0 Å². The lowest BCUT2D eigenvalue weighted by Gasteiger charge is -2.12. The third-order valence-electron chi connectivity index (χ3n) is 3.54. The van der Waals surface area contributed by atoms with Crippen molar-refractivity contribution in [3.05, 3.63) is 24.3 Å². The fourth-order valence-electron chi connectivity index (χ4n) is 2.34. The molecule has 6 heteroatoms. The van der Waals surface area contributed by atoms with Gasteiger partial charge in [-0.3, -0.25) is 4.79 Å². The number of anilines is 1. The van der Waals surface area contributed by atoms with Gasteiger partial charge < -0.3 is 24.8 Å². The van der Waals surface area contributed by atoms with E-state index in [1.54, 1.807) is 0 Å². The fraction of sp³-hybridized carbons (Fsp3) is 0.588. The van der Waals surface area contributed by atoms with Gasteiger partial charge in [0, 0.05) is 31.5 Å². The molecule has 0 saturated carbocycles. The molecule has 1 saturated heterocycles. The van der Waals surface area contributed by atoms with Crippen molar-refractivity contribution in [3.8, 4) is 5.75 Å². The Balaban J connectivity index is 1.66. The smallest absolute Gasteiger partial charge is 0.239 e. The van der Waals surface area contributed by atoms with Gasteiger partial charge in [0.2, 0.25) is 5.91 Å². The number of hydrogen-bond donors (Lipinski definition) is 2. The van der Waals surface area contributed by atoms with E-state index in [-0.39, 0.29) is 18.6 Å². The average molecular weight is 322 g/mol. The Morgan fingerprint density at radius 2 is 2.30 bits per heavy atom. The zero-order valence-electron chi connectivity index (χ0n) is 13.7. The normalized spacial score (nSPS) is 17.0. The first-order valence-electron chi connectivity index (χ1n) is 8.20. The van der Waals surface area contributed by atoms with Crippen molar-refractivity contribution in [2.24, 2.45) is 0 Å². The third kappa shape index (κ3) is 6.88. The highest BCUT2D eigenvalue weighted by Crippen LogP contribution is 2.17. The monoisotopic (exact) mass is 322 g/mol. The summed E-state index contributed by atoms with van der Waals surface area (Å²) >= 11 is 0. The van der Waals surface area contributed by atoms with Gasteiger partial charge in [-0.25, -0.2) is 0 Å². The van der Waals surface area contributed by atoms with Crippen LogP contribution in [0.3, 0.4) is 0 Å². The first-order chi connectivity index (χ1) is 11.3. The van der Waals surface area contributed by atoms with Crippen LogP contribution in [0.1, 0.15) is 19.8 Å². The van der Waals surface area contributed by atoms with Crippen molar-refractivity contribution in [1.29, 1.82) is 0 Å². The molecular formula is C17H26N2O4. The van der Waals surface area contributed by atoms with Gasteiger partial charge in [-0.15, -0.1) is 0 Å². The molecular weight excluding hydrogens is 296 g/mol. The number of amides is 1. The fourth-order valence-corrected chi connectivity index (χ4v) is 2.34. The van der Waals surface area contributed by atoms with Gasteiger partial charge in [0.1, 0.15) is 12.4 Å². The summed E-state index contributed by atoms with van der Waals surface area (Å²) in [5, 5.41) is 5.98. The molecule has 0 aliphatic carbocycles. The van der Waals surface area contributed by atoms with Crippen LogP contribution in [0.2, 0.25) is 0 Å². The molecule has 6 nitrogen and oxygen atoms in total. The van der Waals surface area contributed by atoms with Crippen LogP contribution in [0.25, 0.3) is 0 Å². The zero-order valence-corrected chi connectivity index (χ0v) is 13.7. The van der Waals surface area contributed by atoms with Crippen molar-refractivity contribution >= 4 is 11.6 Å². The summed E-state index contributed by atoms with van der Waals surface area (Å²) in [6.45, 7) is 5.34. The van der Waals surface area contributed by atoms with E-state index in [4.69, 9.17) is 14.2 Å². The molecule has 0 spiro atoms. The minimum atomic E-state index is -0.0387. The van der Waals surface area contributed by atoms with Gasteiger partial charge in [0.05, 0.1) is 19.3 Å². The van der Waals surface area contributed by atoms with E-state index in [2.05, 4.69) is 10.6 Å². The second kappa shape index (κ2) is 10.1. The van der Waals surface area contributed by atoms with Crippen molar-refractivity contribution < 1.29 is 19.0 Å². The highest BCUT2D eigenvalue weighted by molar-refractivity contribution is 5.80. The minimum Gasteiger partial charge on any atom is -0.491 e. The van der Waals surface area contributed by atoms with Crippen molar-refractivity contribution in [2.75, 3.05) is 44.8 Å². The van der Waals surface area contributed by atoms with Gasteiger partial charge in [-0.1, -0.05) is 6.07 Å². The lowest BCUT2D eigenvalue weighted by Crippen LogP contribution is -2.35. The Labute approximate surface area is 137 Å². The number of ether oxygens (including phenoxy) is 3. The Morgan fingerprint density at radius 1 is 1.39 bits per heavy atom. The van der Waals surface area contributed by atoms with Crippen LogP contribution in [0.4, 0.5) is 5.69 Å². The van der Waals surface area contributed by atoms with E-state index in [9.17, 15) is 4.79 Å². The van der Waals surface area contributed by atoms with Gasteiger partial charge in [-0.2, -0.15) is 0 Å². The Bertz CT molecular complexity index is 475. The van der Waals surface area contributed by atoms with E-state index < -0.39 is 0 Å². The molecule has 2 rings (SSSR count). The standard InChI is InChI=1S/C17H26N2O4/c1-2-21-9-10-23-15-6-3-5-14(11-15)18-13-17(20)19-12-16-7-4-8-22-16/h3,5-6,11,16,18H,2,4,7-10,12-13H2,1H3,(H,19,20). The van der Waals surface area contributed by atoms with Crippen LogP contribution in [0.5, 0.6) is 5.75 Å². The maximum Gasteiger partial charge on any atom is 0.239 e. The van der Waals surface area contributed by atoms with Crippen LogP contribution in [0, 0.1) is 0 Å². The highest BCUT2D eigenvalue weighted by Gasteiger charge is 2.15. The molecule has 1 aromatic rings. The van der Waals surface area contributed by atoms with Crippen molar-refractivity contribution in [1.82, 2.24) is 5.32 Å². The van der Waals surface area contributed by atoms with Crippen LogP contribution in [-0.4, -0.2) is 51.5 Å². The zero-order chi connectivity index (χ0) is 16.3. The molecule has 1 aromatic carbocycles. The van der Waals surface area contributed by atoms with Crippen molar-refractivity contribution in [2.45, 2.75) is 25.9 Å². The molecule has 0 aromatic heterocycles. The average Bonchev–Trinajstić information content (AvgIpc) is 3.09. The summed E-state index contributed by atoms with van der Waals surface area (Å²) in [5.41, 5.74) is 0.853. The SMILES string of the molecule is CCOCCOc1cccc(NCC(=O)NCC2CCCO2)c1. The quantitative estimate of drug-likeness (QED) is 0.643. The molecule has 1 aliphatic rings. The summed E-state index contributed by atoms with van der Waals surface area (Å²) in [7, 11) is 0. The van der Waals surface area contributed by atoms with Crippen LogP contribution in [-0.2, 0) is 14.3 Å². The second-order valence-electron chi connectivity index (χ2n) is 5.37. The first-order valence-corrected chi connectivity index (χ1v) is 8.20. The molecule has 2 N–H and O–H groups in total. The van der Waals surface area contributed by atoms with Gasteiger partial charge in [0.25, 0.3) is 0 Å². The molecule has 1 fully saturated rings. The molecule has 1 atom stereocenters. The number of nitrogens with one attached hydrogen (secondary N) is 2. The van der Waals surface area contributed by atoms with Gasteiger partial charge in [0.15, 0.2) is 0 Å². The van der Waals surface area contributed by atoms with E-state index in [0.29, 0.717) is 26.4 Å². The molecule has 0 bridgehead atoms. The molecule has 1 unspecified atom stereocenters. The summed E-state index contributed by atoms with van der Waals surface area (Å²) in [6.07, 6.45) is 2.27. The van der Waals surface area contributed by atoms with Crippen LogP contribution >= 0.6 is 0 Å². The molecule has 1 heterocycles. The van der Waals surface area contributed by atoms with Crippen LogP contribution < -0.4 is 15.4 Å². The van der Waals surface area contributed by atoms with Gasteiger partial charge in [-0.05, 0) is 31.9 Å². The molecule has 128 valence electrons. The molecule has 23 heavy (non-hydrogen) atoms. The number of carbonyl (C=O) groups is 1. The van der Waals surface area contributed by atoms with Crippen molar-refractivity contribution in [3.63, 3.8) is 0 Å². The lowest BCUT2D eigenvalue weighted by molar-refractivity contribution is -0.119. The molecule has 1 aliphatic heterocycles. The van der Waals surface area contributed by atoms with Crippen LogP contribution in [0.15, 0.2) is 24.3 Å². The maximum absolute atomic E-state index is 11.8. The summed E-state index contributed by atoms with van der Waals surface area (Å²) in [5.74, 6) is 0.720. The minimum absolute atomic E-state index is 0.0387. The summed E-state index contributed by atoms with van der Waals surface area (Å²) in [4.78, 5) is 11.8. The Hall–Kier alpha value is -1.79. The van der Waals surface area contributed by atoms with E-state index in [1.165, 1.54) is 0 Å². The first kappa shape index (κ1) is 17.6. The largest absolute Gasteiger partial charge is 0.491 e. The second-order valence-corrected chi connectivity index (χ2v) is 5.37. The molecule has 1 amide bonds. The topological polar surface area (TPSA) is 68.8 Å². The van der Waals surface area contributed by atoms with E-state index >= 15 is 0 Å². The van der Waals surface area contributed by atoms with E-state index in [1.807, 2.05) is 31.2 Å². The lowest BCUT2D eigenvalue weighted by atomic mass is 10.2. The number of benzene rings is 1. The predicted octanol–water partition coefficient (Wildman–Crippen LogP) is 1.81. The van der Waals surface area contributed by atoms with E-state index in [0.717, 1.165) is 30.9 Å². The highest BCUT2D eigenvalue weighted by atomic mass is 16.5. The molecule has 0 radical (unpaired) electrons. The predicted molar refractivity (Wildman–Crippen MR) is 88.9 cm³/mol. The number of carbonyl (C=O) groups excluding carboxylic acids is 1. The number of rotatable bonds is 10.